The molecule has 0 amide bonds. The van der Waals surface area contributed by atoms with Crippen LogP contribution in [0.1, 0.15) is 30.6 Å². The highest BCUT2D eigenvalue weighted by atomic mass is 35.5. The van der Waals surface area contributed by atoms with Gasteiger partial charge in [0.2, 0.25) is 0 Å². The van der Waals surface area contributed by atoms with Crippen molar-refractivity contribution in [2.45, 2.75) is 25.9 Å². The van der Waals surface area contributed by atoms with E-state index in [0.29, 0.717) is 22.7 Å². The molecule has 18 heavy (non-hydrogen) atoms. The van der Waals surface area contributed by atoms with Crippen LogP contribution in [-0.4, -0.2) is 25.3 Å². The minimum atomic E-state index is -0.452. The molecule has 4 nitrogen and oxygen atoms in total. The number of nitrogen functional groups attached to an aromatic ring is 1. The van der Waals surface area contributed by atoms with Gasteiger partial charge in [-0.15, -0.1) is 0 Å². The van der Waals surface area contributed by atoms with Crippen LogP contribution in [0.4, 0.5) is 5.69 Å². The molecule has 0 unspecified atom stereocenters. The van der Waals surface area contributed by atoms with Crippen molar-refractivity contribution in [3.05, 3.63) is 28.8 Å². The van der Waals surface area contributed by atoms with Gasteiger partial charge in [0.05, 0.1) is 22.8 Å². The highest BCUT2D eigenvalue weighted by Gasteiger charge is 2.18. The van der Waals surface area contributed by atoms with Crippen molar-refractivity contribution in [1.82, 2.24) is 0 Å². The second-order valence-corrected chi connectivity index (χ2v) is 5.00. The number of esters is 1. The van der Waals surface area contributed by atoms with Crippen molar-refractivity contribution in [2.75, 3.05) is 19.5 Å². The molecule has 1 aromatic carbocycles. The molecule has 0 atom stereocenters. The number of benzene rings is 1. The van der Waals surface area contributed by atoms with Gasteiger partial charge in [-0.3, -0.25) is 0 Å². The van der Waals surface area contributed by atoms with Crippen LogP contribution in [0.3, 0.4) is 0 Å². The molecule has 1 aromatic rings. The maximum Gasteiger partial charge on any atom is 0.339 e. The summed E-state index contributed by atoms with van der Waals surface area (Å²) in [7, 11) is 1.62. The Morgan fingerprint density at radius 3 is 2.67 bits per heavy atom. The molecule has 0 spiro atoms. The molecule has 2 N–H and O–H groups in total. The molecule has 0 saturated heterocycles. The molecule has 100 valence electrons. The van der Waals surface area contributed by atoms with Crippen LogP contribution in [0.2, 0.25) is 5.02 Å². The van der Waals surface area contributed by atoms with Gasteiger partial charge in [-0.05, 0) is 32.0 Å². The Bertz CT molecular complexity index is 432. The van der Waals surface area contributed by atoms with Gasteiger partial charge in [-0.1, -0.05) is 11.6 Å². The third-order valence-electron chi connectivity index (χ3n) is 2.70. The molecule has 0 aliphatic heterocycles. The largest absolute Gasteiger partial charge is 0.462 e. The van der Waals surface area contributed by atoms with Gasteiger partial charge in [0, 0.05) is 19.2 Å². The first-order chi connectivity index (χ1) is 8.35. The zero-order valence-electron chi connectivity index (χ0n) is 10.8. The average Bonchev–Trinajstić information content (AvgIpc) is 2.28. The van der Waals surface area contributed by atoms with Crippen LogP contribution >= 0.6 is 11.6 Å². The molecule has 0 aromatic heterocycles. The minimum Gasteiger partial charge on any atom is -0.462 e. The van der Waals surface area contributed by atoms with Crippen molar-refractivity contribution in [3.63, 3.8) is 0 Å². The van der Waals surface area contributed by atoms with E-state index in [9.17, 15) is 4.79 Å². The fourth-order valence-corrected chi connectivity index (χ4v) is 1.53. The quantitative estimate of drug-likeness (QED) is 0.661. The van der Waals surface area contributed by atoms with Crippen LogP contribution in [0.15, 0.2) is 18.2 Å². The van der Waals surface area contributed by atoms with Crippen LogP contribution in [0, 0.1) is 0 Å². The van der Waals surface area contributed by atoms with Crippen molar-refractivity contribution in [1.29, 1.82) is 0 Å². The van der Waals surface area contributed by atoms with Gasteiger partial charge in [-0.25, -0.2) is 4.79 Å². The molecule has 0 heterocycles. The summed E-state index contributed by atoms with van der Waals surface area (Å²) in [6.07, 6.45) is 0.613. The monoisotopic (exact) mass is 271 g/mol. The number of anilines is 1. The molecule has 0 radical (unpaired) electrons. The minimum absolute atomic E-state index is 0.278. The molecule has 0 aliphatic carbocycles. The third-order valence-corrected chi connectivity index (χ3v) is 3.02. The Hall–Kier alpha value is -1.26. The SMILES string of the molecule is COC(C)(C)CCOC(=O)c1ccc(N)cc1Cl. The van der Waals surface area contributed by atoms with Crippen LogP contribution < -0.4 is 5.73 Å². The Morgan fingerprint density at radius 2 is 2.11 bits per heavy atom. The Balaban J connectivity index is 2.56. The van der Waals surface area contributed by atoms with E-state index in [-0.39, 0.29) is 12.2 Å². The Labute approximate surface area is 112 Å². The molecule has 0 bridgehead atoms. The van der Waals surface area contributed by atoms with E-state index >= 15 is 0 Å². The second-order valence-electron chi connectivity index (χ2n) is 4.59. The fourth-order valence-electron chi connectivity index (χ4n) is 1.27. The lowest BCUT2D eigenvalue weighted by molar-refractivity contribution is -0.00562. The summed E-state index contributed by atoms with van der Waals surface area (Å²) in [5.41, 5.74) is 6.07. The highest BCUT2D eigenvalue weighted by molar-refractivity contribution is 6.33. The van der Waals surface area contributed by atoms with E-state index in [0.717, 1.165) is 0 Å². The van der Waals surface area contributed by atoms with Gasteiger partial charge >= 0.3 is 5.97 Å². The lowest BCUT2D eigenvalue weighted by atomic mass is 10.1. The molecule has 1 rings (SSSR count). The lowest BCUT2D eigenvalue weighted by Gasteiger charge is -2.22. The van der Waals surface area contributed by atoms with E-state index in [1.165, 1.54) is 6.07 Å². The molecular formula is C13H18ClNO3. The molecule has 0 aliphatic rings. The summed E-state index contributed by atoms with van der Waals surface area (Å²) >= 11 is 5.91. The third kappa shape index (κ3) is 4.20. The number of carbonyl (C=O) groups is 1. The van der Waals surface area contributed by atoms with E-state index in [1.807, 2.05) is 13.8 Å². The van der Waals surface area contributed by atoms with Crippen LogP contribution in [0.25, 0.3) is 0 Å². The summed E-state index contributed by atoms with van der Waals surface area (Å²) in [6.45, 7) is 4.13. The van der Waals surface area contributed by atoms with Crippen molar-refractivity contribution >= 4 is 23.3 Å². The number of rotatable bonds is 5. The van der Waals surface area contributed by atoms with Gasteiger partial charge < -0.3 is 15.2 Å². The summed E-state index contributed by atoms with van der Waals surface area (Å²) in [5, 5.41) is 0.297. The predicted octanol–water partition coefficient (Wildman–Crippen LogP) is 2.89. The average molecular weight is 272 g/mol. The predicted molar refractivity (Wildman–Crippen MR) is 71.9 cm³/mol. The number of carbonyl (C=O) groups excluding carboxylic acids is 1. The number of halogens is 1. The van der Waals surface area contributed by atoms with Gasteiger partial charge in [0.15, 0.2) is 0 Å². The second kappa shape index (κ2) is 6.07. The maximum atomic E-state index is 11.8. The van der Waals surface area contributed by atoms with E-state index < -0.39 is 5.97 Å². The first kappa shape index (κ1) is 14.8. The van der Waals surface area contributed by atoms with Crippen molar-refractivity contribution < 1.29 is 14.3 Å². The number of nitrogens with two attached hydrogens (primary N) is 1. The number of ether oxygens (including phenoxy) is 2. The normalized spacial score (nSPS) is 11.3. The first-order valence-electron chi connectivity index (χ1n) is 5.63. The number of hydrogen-bond acceptors (Lipinski definition) is 4. The molecule has 5 heteroatoms. The topological polar surface area (TPSA) is 61.5 Å². The van der Waals surface area contributed by atoms with Gasteiger partial charge in [0.1, 0.15) is 0 Å². The lowest BCUT2D eigenvalue weighted by Crippen LogP contribution is -2.25. The van der Waals surface area contributed by atoms with Gasteiger partial charge in [0.25, 0.3) is 0 Å². The molecule has 0 fully saturated rings. The van der Waals surface area contributed by atoms with E-state index in [4.69, 9.17) is 26.8 Å². The Morgan fingerprint density at radius 1 is 1.44 bits per heavy atom. The van der Waals surface area contributed by atoms with E-state index in [2.05, 4.69) is 0 Å². The van der Waals surface area contributed by atoms with Crippen molar-refractivity contribution in [2.24, 2.45) is 0 Å². The van der Waals surface area contributed by atoms with E-state index in [1.54, 1.807) is 19.2 Å². The zero-order chi connectivity index (χ0) is 13.8. The molecular weight excluding hydrogens is 254 g/mol. The molecule has 0 saturated carbocycles. The van der Waals surface area contributed by atoms with Crippen molar-refractivity contribution in [3.8, 4) is 0 Å². The Kier molecular flexibility index (Phi) is 4.99. The smallest absolute Gasteiger partial charge is 0.339 e. The summed E-state index contributed by atoms with van der Waals surface area (Å²) < 4.78 is 10.4. The summed E-state index contributed by atoms with van der Waals surface area (Å²) in [5.74, 6) is -0.452. The summed E-state index contributed by atoms with van der Waals surface area (Å²) in [4.78, 5) is 11.8. The number of methoxy groups -OCH3 is 1. The number of hydrogen-bond donors (Lipinski definition) is 1. The summed E-state index contributed by atoms with van der Waals surface area (Å²) in [6, 6.07) is 4.69. The van der Waals surface area contributed by atoms with Crippen LogP contribution in [0.5, 0.6) is 0 Å². The van der Waals surface area contributed by atoms with Crippen LogP contribution in [-0.2, 0) is 9.47 Å². The van der Waals surface area contributed by atoms with Gasteiger partial charge in [-0.2, -0.15) is 0 Å². The highest BCUT2D eigenvalue weighted by Crippen LogP contribution is 2.20. The maximum absolute atomic E-state index is 11.8. The fraction of sp³-hybridized carbons (Fsp3) is 0.462. The first-order valence-corrected chi connectivity index (χ1v) is 6.01. The standard InChI is InChI=1S/C13H18ClNO3/c1-13(2,17-3)6-7-18-12(16)10-5-4-9(15)8-11(10)14/h4-5,8H,6-7,15H2,1-3H3. The zero-order valence-corrected chi connectivity index (χ0v) is 11.6.